The zero-order valence-electron chi connectivity index (χ0n) is 9.11. The molecule has 0 saturated heterocycles. The monoisotopic (exact) mass is 199 g/mol. The number of likely N-dealkylation sites (N-methyl/N-ethyl adjacent to an activating group) is 1. The third kappa shape index (κ3) is 1.34. The van der Waals surface area contributed by atoms with Crippen molar-refractivity contribution in [3.63, 3.8) is 0 Å². The molecule has 1 aromatic carbocycles. The van der Waals surface area contributed by atoms with Gasteiger partial charge in [-0.1, -0.05) is 36.4 Å². The fraction of sp³-hybridized carbons (Fsp3) is 0.429. The van der Waals surface area contributed by atoms with E-state index in [4.69, 9.17) is 0 Å². The smallest absolute Gasteiger partial charge is 0.0202 e. The Kier molecular flexibility index (Phi) is 2.14. The lowest BCUT2D eigenvalue weighted by Crippen LogP contribution is -2.44. The highest BCUT2D eigenvalue weighted by atomic mass is 14.9. The summed E-state index contributed by atoms with van der Waals surface area (Å²) in [6.45, 7) is 0. The molecule has 1 nitrogen and oxygen atoms in total. The zero-order chi connectivity index (χ0) is 10.3. The first kappa shape index (κ1) is 9.17. The number of allylic oxidation sites excluding steroid dienone is 1. The Bertz CT molecular complexity index is 394. The predicted molar refractivity (Wildman–Crippen MR) is 63.0 cm³/mol. The van der Waals surface area contributed by atoms with Crippen LogP contribution in [0.15, 0.2) is 36.4 Å². The molecule has 0 saturated carbocycles. The third-order valence-electron chi connectivity index (χ3n) is 3.91. The van der Waals surface area contributed by atoms with Crippen LogP contribution in [-0.4, -0.2) is 13.1 Å². The van der Waals surface area contributed by atoms with E-state index >= 15 is 0 Å². The average molecular weight is 199 g/mol. The molecule has 0 radical (unpaired) electrons. The average Bonchev–Trinajstić information content (AvgIpc) is 2.28. The van der Waals surface area contributed by atoms with Crippen LogP contribution in [0.3, 0.4) is 0 Å². The van der Waals surface area contributed by atoms with Gasteiger partial charge in [0, 0.05) is 12.0 Å². The lowest BCUT2D eigenvalue weighted by Gasteiger charge is -2.40. The van der Waals surface area contributed by atoms with E-state index in [1.807, 2.05) is 0 Å². The fourth-order valence-corrected chi connectivity index (χ4v) is 3.23. The molecule has 3 atom stereocenters. The van der Waals surface area contributed by atoms with Crippen molar-refractivity contribution in [2.75, 3.05) is 7.05 Å². The molecule has 78 valence electrons. The molecule has 0 aliphatic heterocycles. The molecule has 1 N–H and O–H groups in total. The van der Waals surface area contributed by atoms with Gasteiger partial charge in [0.25, 0.3) is 0 Å². The van der Waals surface area contributed by atoms with Gasteiger partial charge in [0.15, 0.2) is 0 Å². The number of hydrogen-bond donors (Lipinski definition) is 1. The second-order valence-electron chi connectivity index (χ2n) is 4.65. The molecule has 15 heavy (non-hydrogen) atoms. The molecular formula is C14H17N. The molecule has 0 fully saturated rings. The van der Waals surface area contributed by atoms with E-state index in [-0.39, 0.29) is 0 Å². The summed E-state index contributed by atoms with van der Waals surface area (Å²) in [6, 6.07) is 9.58. The predicted octanol–water partition coefficient (Wildman–Crippen LogP) is 2.49. The van der Waals surface area contributed by atoms with Crippen molar-refractivity contribution in [1.82, 2.24) is 5.32 Å². The van der Waals surface area contributed by atoms with Gasteiger partial charge < -0.3 is 5.32 Å². The van der Waals surface area contributed by atoms with Crippen LogP contribution in [0.4, 0.5) is 0 Å². The third-order valence-corrected chi connectivity index (χ3v) is 3.91. The summed E-state index contributed by atoms with van der Waals surface area (Å²) in [5, 5.41) is 3.50. The molecule has 2 aliphatic carbocycles. The summed E-state index contributed by atoms with van der Waals surface area (Å²) in [5.74, 6) is 1.39. The van der Waals surface area contributed by atoms with E-state index in [2.05, 4.69) is 48.8 Å². The summed E-state index contributed by atoms with van der Waals surface area (Å²) in [4.78, 5) is 0. The van der Waals surface area contributed by atoms with E-state index < -0.39 is 0 Å². The van der Waals surface area contributed by atoms with Gasteiger partial charge >= 0.3 is 0 Å². The van der Waals surface area contributed by atoms with Crippen molar-refractivity contribution in [2.45, 2.75) is 24.8 Å². The highest BCUT2D eigenvalue weighted by Gasteiger charge is 2.35. The van der Waals surface area contributed by atoms with Crippen molar-refractivity contribution < 1.29 is 0 Å². The van der Waals surface area contributed by atoms with Gasteiger partial charge in [-0.3, -0.25) is 0 Å². The van der Waals surface area contributed by atoms with E-state index in [0.717, 1.165) is 0 Å². The van der Waals surface area contributed by atoms with Crippen LogP contribution in [-0.2, 0) is 6.42 Å². The lowest BCUT2D eigenvalue weighted by atomic mass is 9.69. The van der Waals surface area contributed by atoms with Crippen molar-refractivity contribution >= 4 is 0 Å². The van der Waals surface area contributed by atoms with Crippen molar-refractivity contribution in [2.24, 2.45) is 5.92 Å². The summed E-state index contributed by atoms with van der Waals surface area (Å²) >= 11 is 0. The summed E-state index contributed by atoms with van der Waals surface area (Å²) in [7, 11) is 2.10. The number of rotatable bonds is 1. The first-order chi connectivity index (χ1) is 7.40. The number of hydrogen-bond acceptors (Lipinski definition) is 1. The van der Waals surface area contributed by atoms with Crippen molar-refractivity contribution in [3.05, 3.63) is 47.5 Å². The topological polar surface area (TPSA) is 12.0 Å². The zero-order valence-corrected chi connectivity index (χ0v) is 9.11. The molecule has 2 bridgehead atoms. The molecule has 1 heteroatoms. The van der Waals surface area contributed by atoms with Gasteiger partial charge in [-0.15, -0.1) is 0 Å². The summed E-state index contributed by atoms with van der Waals surface area (Å²) in [5.41, 5.74) is 3.13. The van der Waals surface area contributed by atoms with Gasteiger partial charge in [-0.25, -0.2) is 0 Å². The van der Waals surface area contributed by atoms with Crippen LogP contribution < -0.4 is 5.32 Å². The van der Waals surface area contributed by atoms with Crippen LogP contribution in [0.25, 0.3) is 0 Å². The van der Waals surface area contributed by atoms with Gasteiger partial charge in [-0.05, 0) is 36.9 Å². The molecular weight excluding hydrogens is 182 g/mol. The Labute approximate surface area is 91.2 Å². The van der Waals surface area contributed by atoms with E-state index in [1.54, 1.807) is 11.1 Å². The fourth-order valence-electron chi connectivity index (χ4n) is 3.23. The van der Waals surface area contributed by atoms with Crippen LogP contribution in [0.2, 0.25) is 0 Å². The molecule has 1 aromatic rings. The second-order valence-corrected chi connectivity index (χ2v) is 4.65. The first-order valence-electron chi connectivity index (χ1n) is 5.82. The van der Waals surface area contributed by atoms with Crippen LogP contribution in [0, 0.1) is 5.92 Å². The number of fused-ring (bicyclic) bond motifs is 4. The minimum Gasteiger partial charge on any atom is -0.316 e. The molecule has 0 aromatic heterocycles. The molecule has 0 amide bonds. The lowest BCUT2D eigenvalue weighted by molar-refractivity contribution is 0.330. The summed E-state index contributed by atoms with van der Waals surface area (Å²) < 4.78 is 0. The van der Waals surface area contributed by atoms with Gasteiger partial charge in [0.2, 0.25) is 0 Å². The normalized spacial score (nSPS) is 32.5. The van der Waals surface area contributed by atoms with E-state index in [1.165, 1.54) is 12.8 Å². The number of nitrogens with one attached hydrogen (secondary N) is 1. The van der Waals surface area contributed by atoms with Gasteiger partial charge in [0.1, 0.15) is 0 Å². The van der Waals surface area contributed by atoms with Crippen molar-refractivity contribution in [1.29, 1.82) is 0 Å². The quantitative estimate of drug-likeness (QED) is 0.685. The van der Waals surface area contributed by atoms with E-state index in [0.29, 0.717) is 17.9 Å². The molecule has 0 spiro atoms. The Morgan fingerprint density at radius 3 is 3.00 bits per heavy atom. The van der Waals surface area contributed by atoms with Crippen molar-refractivity contribution in [3.8, 4) is 0 Å². The highest BCUT2D eigenvalue weighted by molar-refractivity contribution is 5.38. The number of benzene rings is 1. The first-order valence-corrected chi connectivity index (χ1v) is 5.82. The van der Waals surface area contributed by atoms with Crippen LogP contribution in [0.5, 0.6) is 0 Å². The molecule has 0 unspecified atom stereocenters. The summed E-state index contributed by atoms with van der Waals surface area (Å²) in [6.07, 6.45) is 7.15. The SMILES string of the molecule is CN[C@H]1[C@H]2C=CC[C@H]1c1ccccc1C2. The minimum absolute atomic E-state index is 0.643. The van der Waals surface area contributed by atoms with Gasteiger partial charge in [0.05, 0.1) is 0 Å². The Morgan fingerprint density at radius 1 is 1.27 bits per heavy atom. The maximum Gasteiger partial charge on any atom is 0.0202 e. The highest BCUT2D eigenvalue weighted by Crippen LogP contribution is 2.40. The maximum atomic E-state index is 3.50. The second kappa shape index (κ2) is 3.49. The molecule has 0 heterocycles. The van der Waals surface area contributed by atoms with Crippen LogP contribution >= 0.6 is 0 Å². The Balaban J connectivity index is 2.08. The van der Waals surface area contributed by atoms with E-state index in [9.17, 15) is 0 Å². The largest absolute Gasteiger partial charge is 0.316 e. The Hall–Kier alpha value is -1.08. The maximum absolute atomic E-state index is 3.50. The molecule has 2 aliphatic rings. The molecule has 3 rings (SSSR count). The Morgan fingerprint density at radius 2 is 2.13 bits per heavy atom. The van der Waals surface area contributed by atoms with Gasteiger partial charge in [-0.2, -0.15) is 0 Å². The van der Waals surface area contributed by atoms with Crippen LogP contribution in [0.1, 0.15) is 23.5 Å². The standard InChI is InChI=1S/C14H17N/c1-15-14-11-6-4-8-13(14)12-7-3-2-5-10(12)9-11/h2-7,11,13-15H,8-9H2,1H3/t11-,13-,14-/m0/s1. The minimum atomic E-state index is 0.643.